The summed E-state index contributed by atoms with van der Waals surface area (Å²) >= 11 is 0. The first-order valence-corrected chi connectivity index (χ1v) is 8.23. The number of benzene rings is 2. The topological polar surface area (TPSA) is 70.1 Å². The summed E-state index contributed by atoms with van der Waals surface area (Å²) in [5, 5.41) is 5.25. The summed E-state index contributed by atoms with van der Waals surface area (Å²) < 4.78 is 0. The number of fused-ring (bicyclic) bond motifs is 1. The molecule has 0 saturated carbocycles. The molecule has 0 aliphatic heterocycles. The van der Waals surface area contributed by atoms with E-state index >= 15 is 0 Å². The highest BCUT2D eigenvalue weighted by Gasteiger charge is 2.12. The van der Waals surface area contributed by atoms with Crippen LogP contribution in [0.15, 0.2) is 90.4 Å². The van der Waals surface area contributed by atoms with E-state index in [0.717, 1.165) is 22.0 Å². The van der Waals surface area contributed by atoms with Crippen LogP contribution in [0.1, 0.15) is 21.5 Å². The Labute approximate surface area is 150 Å². The van der Waals surface area contributed by atoms with Gasteiger partial charge in [-0.05, 0) is 18.2 Å². The smallest absolute Gasteiger partial charge is 0.273 e. The molecule has 0 fully saturated rings. The fourth-order valence-corrected chi connectivity index (χ4v) is 2.82. The number of para-hydroxylation sites is 1. The second kappa shape index (κ2) is 7.03. The SMILES string of the molecule is O=C(NN=C(c1ccccc1)c1cccnc1)c1c[nH]c2ccccc12. The van der Waals surface area contributed by atoms with Gasteiger partial charge in [-0.25, -0.2) is 5.43 Å². The lowest BCUT2D eigenvalue weighted by Crippen LogP contribution is -2.20. The van der Waals surface area contributed by atoms with E-state index < -0.39 is 0 Å². The van der Waals surface area contributed by atoms with Crippen molar-refractivity contribution < 1.29 is 4.79 Å². The van der Waals surface area contributed by atoms with Crippen molar-refractivity contribution in [2.24, 2.45) is 5.10 Å². The van der Waals surface area contributed by atoms with Crippen LogP contribution in [0.5, 0.6) is 0 Å². The summed E-state index contributed by atoms with van der Waals surface area (Å²) in [6, 6.07) is 21.1. The zero-order chi connectivity index (χ0) is 17.8. The maximum atomic E-state index is 12.6. The van der Waals surface area contributed by atoms with Crippen LogP contribution in [0.25, 0.3) is 10.9 Å². The number of carbonyl (C=O) groups excluding carboxylic acids is 1. The lowest BCUT2D eigenvalue weighted by molar-refractivity contribution is 0.0956. The van der Waals surface area contributed by atoms with Crippen LogP contribution in [0, 0.1) is 0 Å². The number of carbonyl (C=O) groups is 1. The first kappa shape index (κ1) is 15.8. The molecule has 2 aromatic carbocycles. The number of aromatic nitrogens is 2. The highest BCUT2D eigenvalue weighted by atomic mass is 16.2. The van der Waals surface area contributed by atoms with E-state index in [4.69, 9.17) is 0 Å². The Kier molecular flexibility index (Phi) is 4.26. The van der Waals surface area contributed by atoms with Crippen molar-refractivity contribution in [3.05, 3.63) is 102 Å². The minimum atomic E-state index is -0.264. The van der Waals surface area contributed by atoms with Crippen LogP contribution in [-0.2, 0) is 0 Å². The van der Waals surface area contributed by atoms with E-state index in [2.05, 4.69) is 20.5 Å². The summed E-state index contributed by atoms with van der Waals surface area (Å²) in [6.07, 6.45) is 5.13. The molecule has 5 nitrogen and oxygen atoms in total. The molecule has 0 radical (unpaired) electrons. The maximum absolute atomic E-state index is 12.6. The summed E-state index contributed by atoms with van der Waals surface area (Å²) in [5.41, 5.74) is 6.54. The lowest BCUT2D eigenvalue weighted by atomic mass is 10.0. The van der Waals surface area contributed by atoms with Gasteiger partial charge >= 0.3 is 0 Å². The summed E-state index contributed by atoms with van der Waals surface area (Å²) in [5.74, 6) is -0.264. The molecule has 2 N–H and O–H groups in total. The first-order chi connectivity index (χ1) is 12.8. The number of aromatic amines is 1. The Balaban J connectivity index is 1.68. The molecule has 0 aliphatic rings. The quantitative estimate of drug-likeness (QED) is 0.439. The molecule has 5 heteroatoms. The molecule has 0 atom stereocenters. The van der Waals surface area contributed by atoms with Crippen LogP contribution in [0.2, 0.25) is 0 Å². The van der Waals surface area contributed by atoms with Crippen LogP contribution in [0.3, 0.4) is 0 Å². The average Bonchev–Trinajstić information content (AvgIpc) is 3.14. The van der Waals surface area contributed by atoms with Crippen LogP contribution in [-0.4, -0.2) is 21.6 Å². The summed E-state index contributed by atoms with van der Waals surface area (Å²) in [4.78, 5) is 19.9. The van der Waals surface area contributed by atoms with E-state index in [9.17, 15) is 4.79 Å². The lowest BCUT2D eigenvalue weighted by Gasteiger charge is -2.07. The van der Waals surface area contributed by atoms with E-state index in [1.807, 2.05) is 66.7 Å². The van der Waals surface area contributed by atoms with Gasteiger partial charge in [0.05, 0.1) is 11.3 Å². The van der Waals surface area contributed by atoms with Gasteiger partial charge in [0.2, 0.25) is 0 Å². The summed E-state index contributed by atoms with van der Waals surface area (Å²) in [7, 11) is 0. The van der Waals surface area contributed by atoms with Crippen LogP contribution in [0.4, 0.5) is 0 Å². The van der Waals surface area contributed by atoms with Crippen LogP contribution < -0.4 is 5.43 Å². The molecule has 0 aliphatic carbocycles. The molecular formula is C21H16N4O. The molecule has 126 valence electrons. The van der Waals surface area contributed by atoms with Gasteiger partial charge in [-0.1, -0.05) is 48.5 Å². The van der Waals surface area contributed by atoms with E-state index in [0.29, 0.717) is 11.3 Å². The molecule has 26 heavy (non-hydrogen) atoms. The Morgan fingerprint density at radius 2 is 1.69 bits per heavy atom. The predicted molar refractivity (Wildman–Crippen MR) is 102 cm³/mol. The molecule has 2 heterocycles. The molecule has 2 aromatic heterocycles. The second-order valence-corrected chi connectivity index (χ2v) is 5.76. The fourth-order valence-electron chi connectivity index (χ4n) is 2.82. The van der Waals surface area contributed by atoms with Crippen molar-refractivity contribution in [3.63, 3.8) is 0 Å². The average molecular weight is 340 g/mol. The molecular weight excluding hydrogens is 324 g/mol. The number of nitrogens with zero attached hydrogens (tertiary/aromatic N) is 2. The largest absolute Gasteiger partial charge is 0.360 e. The second-order valence-electron chi connectivity index (χ2n) is 5.76. The number of H-pyrrole nitrogens is 1. The van der Waals surface area contributed by atoms with Crippen molar-refractivity contribution in [1.82, 2.24) is 15.4 Å². The Hall–Kier alpha value is -3.73. The van der Waals surface area contributed by atoms with Gasteiger partial charge < -0.3 is 4.98 Å². The van der Waals surface area contributed by atoms with Gasteiger partial charge in [0.1, 0.15) is 0 Å². The van der Waals surface area contributed by atoms with Gasteiger partial charge in [-0.3, -0.25) is 9.78 Å². The highest BCUT2D eigenvalue weighted by molar-refractivity contribution is 6.13. The number of nitrogens with one attached hydrogen (secondary N) is 2. The Morgan fingerprint density at radius 1 is 0.923 bits per heavy atom. The third-order valence-electron chi connectivity index (χ3n) is 4.09. The third-order valence-corrected chi connectivity index (χ3v) is 4.09. The standard InChI is InChI=1S/C21H16N4O/c26-21(18-14-23-19-11-5-4-10-17(18)19)25-24-20(15-7-2-1-3-8-15)16-9-6-12-22-13-16/h1-14,23H,(H,25,26). The Bertz CT molecular complexity index is 1030. The number of hydrogen-bond donors (Lipinski definition) is 2. The minimum absolute atomic E-state index is 0.264. The van der Waals surface area contributed by atoms with Crippen molar-refractivity contribution >= 4 is 22.5 Å². The van der Waals surface area contributed by atoms with Gasteiger partial charge in [0, 0.05) is 40.6 Å². The monoisotopic (exact) mass is 340 g/mol. The van der Waals surface area contributed by atoms with E-state index in [1.54, 1.807) is 18.6 Å². The molecule has 1 amide bonds. The van der Waals surface area contributed by atoms with Crippen molar-refractivity contribution in [2.75, 3.05) is 0 Å². The number of pyridine rings is 1. The Morgan fingerprint density at radius 3 is 2.50 bits per heavy atom. The van der Waals surface area contributed by atoms with Gasteiger partial charge in [0.15, 0.2) is 0 Å². The van der Waals surface area contributed by atoms with Crippen LogP contribution >= 0.6 is 0 Å². The highest BCUT2D eigenvalue weighted by Crippen LogP contribution is 2.17. The van der Waals surface area contributed by atoms with Gasteiger partial charge in [-0.2, -0.15) is 5.10 Å². The predicted octanol–water partition coefficient (Wildman–Crippen LogP) is 3.75. The maximum Gasteiger partial charge on any atom is 0.273 e. The molecule has 0 saturated heterocycles. The molecule has 4 rings (SSSR count). The van der Waals surface area contributed by atoms with E-state index in [-0.39, 0.29) is 5.91 Å². The number of hydrazone groups is 1. The van der Waals surface area contributed by atoms with Crippen molar-refractivity contribution in [2.45, 2.75) is 0 Å². The van der Waals surface area contributed by atoms with Gasteiger partial charge in [0.25, 0.3) is 5.91 Å². The zero-order valence-corrected chi connectivity index (χ0v) is 13.9. The third kappa shape index (κ3) is 3.10. The van der Waals surface area contributed by atoms with E-state index in [1.165, 1.54) is 0 Å². The molecule has 0 unspecified atom stereocenters. The fraction of sp³-hybridized carbons (Fsp3) is 0. The van der Waals surface area contributed by atoms with Crippen molar-refractivity contribution in [1.29, 1.82) is 0 Å². The molecule has 4 aromatic rings. The normalized spacial score (nSPS) is 11.5. The zero-order valence-electron chi connectivity index (χ0n) is 13.9. The minimum Gasteiger partial charge on any atom is -0.360 e. The number of hydrogen-bond acceptors (Lipinski definition) is 3. The summed E-state index contributed by atoms with van der Waals surface area (Å²) in [6.45, 7) is 0. The number of amides is 1. The first-order valence-electron chi connectivity index (χ1n) is 8.23. The van der Waals surface area contributed by atoms with Gasteiger partial charge in [-0.15, -0.1) is 0 Å². The molecule has 0 bridgehead atoms. The van der Waals surface area contributed by atoms with Crippen molar-refractivity contribution in [3.8, 4) is 0 Å². The molecule has 0 spiro atoms. The number of rotatable bonds is 4.